The Labute approximate surface area is 155 Å². The predicted molar refractivity (Wildman–Crippen MR) is 97.1 cm³/mol. The SMILES string of the molecule is O=C(O)CC1(NC(=O)c2cccc(NC(=O)c3ccc(F)cc3)c2)CCC1. The van der Waals surface area contributed by atoms with Crippen LogP contribution in [0.25, 0.3) is 0 Å². The van der Waals surface area contributed by atoms with Gasteiger partial charge in [0.05, 0.1) is 12.0 Å². The van der Waals surface area contributed by atoms with Crippen molar-refractivity contribution >= 4 is 23.5 Å². The van der Waals surface area contributed by atoms with Gasteiger partial charge in [0.1, 0.15) is 5.82 Å². The van der Waals surface area contributed by atoms with E-state index in [2.05, 4.69) is 10.6 Å². The summed E-state index contributed by atoms with van der Waals surface area (Å²) in [4.78, 5) is 35.8. The van der Waals surface area contributed by atoms with E-state index >= 15 is 0 Å². The van der Waals surface area contributed by atoms with Gasteiger partial charge in [0.15, 0.2) is 0 Å². The zero-order valence-electron chi connectivity index (χ0n) is 14.5. The molecule has 0 unspecified atom stereocenters. The van der Waals surface area contributed by atoms with Gasteiger partial charge in [-0.1, -0.05) is 6.07 Å². The van der Waals surface area contributed by atoms with Crippen molar-refractivity contribution in [2.24, 2.45) is 0 Å². The normalized spacial score (nSPS) is 14.7. The Hall–Kier alpha value is -3.22. The number of carbonyl (C=O) groups is 3. The lowest BCUT2D eigenvalue weighted by Crippen LogP contribution is -2.54. The lowest BCUT2D eigenvalue weighted by Gasteiger charge is -2.41. The number of halogens is 1. The van der Waals surface area contributed by atoms with Crippen molar-refractivity contribution in [2.45, 2.75) is 31.2 Å². The van der Waals surface area contributed by atoms with Gasteiger partial charge in [-0.3, -0.25) is 14.4 Å². The molecule has 0 radical (unpaired) electrons. The number of hydrogen-bond donors (Lipinski definition) is 3. The standard InChI is InChI=1S/C20H19FN2O4/c21-15-7-5-13(6-8-15)18(26)22-16-4-1-3-14(11-16)19(27)23-20(9-2-10-20)12-17(24)25/h1,3-8,11H,2,9-10,12H2,(H,22,26)(H,23,27)(H,24,25). The third kappa shape index (κ3) is 4.49. The van der Waals surface area contributed by atoms with Gasteiger partial charge in [0.25, 0.3) is 11.8 Å². The van der Waals surface area contributed by atoms with Crippen LogP contribution in [0.4, 0.5) is 10.1 Å². The number of rotatable bonds is 6. The summed E-state index contributed by atoms with van der Waals surface area (Å²) in [7, 11) is 0. The summed E-state index contributed by atoms with van der Waals surface area (Å²) >= 11 is 0. The van der Waals surface area contributed by atoms with E-state index in [1.54, 1.807) is 18.2 Å². The number of nitrogens with one attached hydrogen (secondary N) is 2. The maximum Gasteiger partial charge on any atom is 0.305 e. The average Bonchev–Trinajstić information content (AvgIpc) is 2.60. The maximum atomic E-state index is 13.0. The lowest BCUT2D eigenvalue weighted by molar-refractivity contribution is -0.139. The van der Waals surface area contributed by atoms with Crippen molar-refractivity contribution in [2.75, 3.05) is 5.32 Å². The average molecular weight is 370 g/mol. The van der Waals surface area contributed by atoms with E-state index in [1.165, 1.54) is 30.3 Å². The molecule has 27 heavy (non-hydrogen) atoms. The van der Waals surface area contributed by atoms with Crippen LogP contribution in [-0.4, -0.2) is 28.4 Å². The lowest BCUT2D eigenvalue weighted by atomic mass is 9.74. The Kier molecular flexibility index (Phi) is 5.21. The van der Waals surface area contributed by atoms with E-state index in [-0.39, 0.29) is 12.3 Å². The highest BCUT2D eigenvalue weighted by Crippen LogP contribution is 2.35. The molecule has 0 aliphatic heterocycles. The van der Waals surface area contributed by atoms with Crippen molar-refractivity contribution in [3.8, 4) is 0 Å². The van der Waals surface area contributed by atoms with E-state index in [0.717, 1.165) is 6.42 Å². The molecule has 7 heteroatoms. The molecule has 0 atom stereocenters. The highest BCUT2D eigenvalue weighted by molar-refractivity contribution is 6.05. The number of anilines is 1. The van der Waals surface area contributed by atoms with Crippen molar-refractivity contribution < 1.29 is 23.9 Å². The minimum Gasteiger partial charge on any atom is -0.481 e. The fraction of sp³-hybridized carbons (Fsp3) is 0.250. The molecule has 1 fully saturated rings. The van der Waals surface area contributed by atoms with Gasteiger partial charge >= 0.3 is 5.97 Å². The topological polar surface area (TPSA) is 95.5 Å². The molecule has 0 spiro atoms. The van der Waals surface area contributed by atoms with E-state index in [0.29, 0.717) is 29.7 Å². The first-order valence-electron chi connectivity index (χ1n) is 8.58. The van der Waals surface area contributed by atoms with Crippen LogP contribution < -0.4 is 10.6 Å². The summed E-state index contributed by atoms with van der Waals surface area (Å²) in [6.45, 7) is 0. The molecule has 0 heterocycles. The molecule has 140 valence electrons. The highest BCUT2D eigenvalue weighted by Gasteiger charge is 2.40. The third-order valence-electron chi connectivity index (χ3n) is 4.67. The minimum absolute atomic E-state index is 0.111. The number of benzene rings is 2. The van der Waals surface area contributed by atoms with Gasteiger partial charge in [-0.25, -0.2) is 4.39 Å². The Balaban J connectivity index is 1.69. The van der Waals surface area contributed by atoms with Crippen molar-refractivity contribution in [1.82, 2.24) is 5.32 Å². The first-order chi connectivity index (χ1) is 12.9. The molecule has 3 N–H and O–H groups in total. The predicted octanol–water partition coefficient (Wildman–Crippen LogP) is 3.21. The monoisotopic (exact) mass is 370 g/mol. The van der Waals surface area contributed by atoms with Gasteiger partial charge in [-0.15, -0.1) is 0 Å². The number of aliphatic carboxylic acids is 1. The fourth-order valence-electron chi connectivity index (χ4n) is 3.09. The van der Waals surface area contributed by atoms with Crippen molar-refractivity contribution in [3.05, 3.63) is 65.5 Å². The first kappa shape index (κ1) is 18.6. The molecular formula is C20H19FN2O4. The number of carboxylic acid groups (broad SMARTS) is 1. The van der Waals surface area contributed by atoms with Gasteiger partial charge in [-0.2, -0.15) is 0 Å². The molecule has 2 aromatic rings. The molecule has 6 nitrogen and oxygen atoms in total. The number of amides is 2. The molecule has 0 aromatic heterocycles. The molecular weight excluding hydrogens is 351 g/mol. The number of hydrogen-bond acceptors (Lipinski definition) is 3. The molecule has 2 aromatic carbocycles. The summed E-state index contributed by atoms with van der Waals surface area (Å²) in [6.07, 6.45) is 2.03. The first-order valence-corrected chi connectivity index (χ1v) is 8.58. The Morgan fingerprint density at radius 3 is 2.30 bits per heavy atom. The number of carbonyl (C=O) groups excluding carboxylic acids is 2. The third-order valence-corrected chi connectivity index (χ3v) is 4.67. The summed E-state index contributed by atoms with van der Waals surface area (Å²) in [5, 5.41) is 14.5. The van der Waals surface area contributed by atoms with Crippen LogP contribution in [-0.2, 0) is 4.79 Å². The smallest absolute Gasteiger partial charge is 0.305 e. The second-order valence-electron chi connectivity index (χ2n) is 6.70. The minimum atomic E-state index is -0.949. The summed E-state index contributed by atoms with van der Waals surface area (Å²) in [5.41, 5.74) is 0.332. The van der Waals surface area contributed by atoms with E-state index < -0.39 is 23.2 Å². The summed E-state index contributed by atoms with van der Waals surface area (Å²) in [6, 6.07) is 11.5. The van der Waals surface area contributed by atoms with Crippen LogP contribution in [0.5, 0.6) is 0 Å². The van der Waals surface area contributed by atoms with Crippen LogP contribution in [0.1, 0.15) is 46.4 Å². The maximum absolute atomic E-state index is 13.0. The van der Waals surface area contributed by atoms with Crippen molar-refractivity contribution in [1.29, 1.82) is 0 Å². The fourth-order valence-corrected chi connectivity index (χ4v) is 3.09. The van der Waals surface area contributed by atoms with E-state index in [1.807, 2.05) is 0 Å². The van der Waals surface area contributed by atoms with Crippen molar-refractivity contribution in [3.63, 3.8) is 0 Å². The van der Waals surface area contributed by atoms with Crippen LogP contribution in [0.3, 0.4) is 0 Å². The van der Waals surface area contributed by atoms with Gasteiger partial charge in [0, 0.05) is 16.8 Å². The zero-order chi connectivity index (χ0) is 19.4. The summed E-state index contributed by atoms with van der Waals surface area (Å²) < 4.78 is 13.0. The molecule has 2 amide bonds. The molecule has 1 aliphatic rings. The van der Waals surface area contributed by atoms with Crippen LogP contribution in [0, 0.1) is 5.82 Å². The molecule has 3 rings (SSSR count). The van der Waals surface area contributed by atoms with E-state index in [4.69, 9.17) is 5.11 Å². The quantitative estimate of drug-likeness (QED) is 0.728. The molecule has 1 saturated carbocycles. The molecule has 0 bridgehead atoms. The second-order valence-corrected chi connectivity index (χ2v) is 6.70. The van der Waals surface area contributed by atoms with E-state index in [9.17, 15) is 18.8 Å². The van der Waals surface area contributed by atoms with Gasteiger partial charge in [-0.05, 0) is 61.7 Å². The second kappa shape index (κ2) is 7.57. The van der Waals surface area contributed by atoms with Crippen LogP contribution >= 0.6 is 0 Å². The molecule has 0 saturated heterocycles. The zero-order valence-corrected chi connectivity index (χ0v) is 14.5. The van der Waals surface area contributed by atoms with Gasteiger partial charge < -0.3 is 15.7 Å². The summed E-state index contributed by atoms with van der Waals surface area (Å²) in [5.74, 6) is -2.19. The Bertz CT molecular complexity index is 876. The van der Waals surface area contributed by atoms with Crippen LogP contribution in [0.2, 0.25) is 0 Å². The largest absolute Gasteiger partial charge is 0.481 e. The Morgan fingerprint density at radius 1 is 1.00 bits per heavy atom. The Morgan fingerprint density at radius 2 is 1.70 bits per heavy atom. The number of carboxylic acids is 1. The highest BCUT2D eigenvalue weighted by atomic mass is 19.1. The molecule has 1 aliphatic carbocycles. The van der Waals surface area contributed by atoms with Crippen LogP contribution in [0.15, 0.2) is 48.5 Å². The van der Waals surface area contributed by atoms with Gasteiger partial charge in [0.2, 0.25) is 0 Å².